The molecule has 1 aromatic carbocycles. The first kappa shape index (κ1) is 15.7. The Kier molecular flexibility index (Phi) is 4.22. The Bertz CT molecular complexity index is 520. The summed E-state index contributed by atoms with van der Waals surface area (Å²) in [6, 6.07) is 10.1. The molecule has 2 rings (SSSR count). The highest BCUT2D eigenvalue weighted by atomic mass is 16.2. The van der Waals surface area contributed by atoms with Crippen molar-refractivity contribution in [1.82, 2.24) is 4.90 Å². The van der Waals surface area contributed by atoms with Crippen molar-refractivity contribution in [2.45, 2.75) is 46.0 Å². The number of ketones is 1. The van der Waals surface area contributed by atoms with Crippen LogP contribution in [0, 0.1) is 5.41 Å². The van der Waals surface area contributed by atoms with Gasteiger partial charge in [0.1, 0.15) is 5.78 Å². The lowest BCUT2D eigenvalue weighted by Crippen LogP contribution is -2.51. The van der Waals surface area contributed by atoms with Crippen LogP contribution >= 0.6 is 0 Å². The minimum atomic E-state index is -0.453. The lowest BCUT2D eigenvalue weighted by Gasteiger charge is -2.43. The van der Waals surface area contributed by atoms with Gasteiger partial charge in [0.05, 0.1) is 5.41 Å². The average Bonchev–Trinajstić information content (AvgIpc) is 2.46. The van der Waals surface area contributed by atoms with Crippen molar-refractivity contribution in [2.75, 3.05) is 13.1 Å². The Balaban J connectivity index is 2.38. The molecule has 0 bridgehead atoms. The summed E-state index contributed by atoms with van der Waals surface area (Å²) in [5.41, 5.74) is 0.257. The van der Waals surface area contributed by atoms with Crippen LogP contribution in [0.4, 0.5) is 0 Å². The fourth-order valence-corrected chi connectivity index (χ4v) is 3.33. The van der Waals surface area contributed by atoms with Crippen LogP contribution in [-0.2, 0) is 15.0 Å². The number of carbonyl (C=O) groups is 2. The number of hydrogen-bond acceptors (Lipinski definition) is 2. The molecule has 1 heterocycles. The highest BCUT2D eigenvalue weighted by molar-refractivity contribution is 5.94. The van der Waals surface area contributed by atoms with Gasteiger partial charge in [-0.25, -0.2) is 0 Å². The normalized spacial score (nSPS) is 18.4. The van der Waals surface area contributed by atoms with Gasteiger partial charge in [0, 0.05) is 25.4 Å². The molecule has 1 aromatic rings. The molecule has 1 aliphatic rings. The maximum atomic E-state index is 13.1. The summed E-state index contributed by atoms with van der Waals surface area (Å²) >= 11 is 0. The predicted octanol–water partition coefficient (Wildman–Crippen LogP) is 3.18. The minimum absolute atomic E-state index is 0.0971. The third-order valence-electron chi connectivity index (χ3n) is 4.50. The second-order valence-electron chi connectivity index (χ2n) is 7.03. The van der Waals surface area contributed by atoms with Gasteiger partial charge in [-0.15, -0.1) is 0 Å². The van der Waals surface area contributed by atoms with Crippen LogP contribution in [0.15, 0.2) is 30.3 Å². The Morgan fingerprint density at radius 2 is 1.57 bits per heavy atom. The number of amides is 1. The van der Waals surface area contributed by atoms with Gasteiger partial charge in [-0.3, -0.25) is 9.59 Å². The van der Waals surface area contributed by atoms with Gasteiger partial charge in [-0.1, -0.05) is 51.1 Å². The highest BCUT2D eigenvalue weighted by Crippen LogP contribution is 2.41. The van der Waals surface area contributed by atoms with Gasteiger partial charge in [0.2, 0.25) is 5.91 Å². The number of Topliss-reactive ketones (excluding diaryl/α,β-unsaturated/α-hetero) is 1. The molecule has 0 atom stereocenters. The van der Waals surface area contributed by atoms with Crippen LogP contribution in [0.25, 0.3) is 0 Å². The van der Waals surface area contributed by atoms with Crippen molar-refractivity contribution in [2.24, 2.45) is 5.41 Å². The van der Waals surface area contributed by atoms with Gasteiger partial charge in [0.25, 0.3) is 0 Å². The Morgan fingerprint density at radius 3 is 2.00 bits per heavy atom. The second-order valence-corrected chi connectivity index (χ2v) is 7.03. The quantitative estimate of drug-likeness (QED) is 0.837. The molecule has 0 aromatic heterocycles. The molecular formula is C18H25NO2. The van der Waals surface area contributed by atoms with Crippen molar-refractivity contribution >= 4 is 11.7 Å². The predicted molar refractivity (Wildman–Crippen MR) is 84.1 cm³/mol. The molecule has 0 saturated carbocycles. The van der Waals surface area contributed by atoms with Crippen molar-refractivity contribution in [3.05, 3.63) is 35.9 Å². The van der Waals surface area contributed by atoms with Gasteiger partial charge in [0.15, 0.2) is 0 Å². The van der Waals surface area contributed by atoms with Gasteiger partial charge in [-0.2, -0.15) is 0 Å². The van der Waals surface area contributed by atoms with Crippen LogP contribution in [0.5, 0.6) is 0 Å². The zero-order valence-corrected chi connectivity index (χ0v) is 13.5. The number of rotatable bonds is 2. The minimum Gasteiger partial charge on any atom is -0.343 e. The SMILES string of the molecule is CC(=O)N1CCC(C(=O)C(C)(C)C)(c2ccccc2)CC1. The van der Waals surface area contributed by atoms with E-state index in [0.29, 0.717) is 25.9 Å². The maximum Gasteiger partial charge on any atom is 0.219 e. The van der Waals surface area contributed by atoms with Crippen molar-refractivity contribution in [3.8, 4) is 0 Å². The summed E-state index contributed by atoms with van der Waals surface area (Å²) in [5.74, 6) is 0.379. The molecule has 0 aliphatic carbocycles. The van der Waals surface area contributed by atoms with Gasteiger partial charge in [-0.05, 0) is 18.4 Å². The molecule has 21 heavy (non-hydrogen) atoms. The van der Waals surface area contributed by atoms with Crippen LogP contribution in [0.1, 0.15) is 46.1 Å². The third kappa shape index (κ3) is 3.02. The molecule has 1 saturated heterocycles. The fraction of sp³-hybridized carbons (Fsp3) is 0.556. The van der Waals surface area contributed by atoms with E-state index in [1.165, 1.54) is 0 Å². The first-order valence-corrected chi connectivity index (χ1v) is 7.63. The van der Waals surface area contributed by atoms with E-state index in [-0.39, 0.29) is 17.1 Å². The smallest absolute Gasteiger partial charge is 0.219 e. The zero-order valence-electron chi connectivity index (χ0n) is 13.5. The molecule has 0 radical (unpaired) electrons. The Morgan fingerprint density at radius 1 is 1.05 bits per heavy atom. The Labute approximate surface area is 127 Å². The summed E-state index contributed by atoms with van der Waals surface area (Å²) in [6.45, 7) is 8.87. The van der Waals surface area contributed by atoms with E-state index in [0.717, 1.165) is 5.56 Å². The van der Waals surface area contributed by atoms with Crippen LogP contribution < -0.4 is 0 Å². The number of likely N-dealkylation sites (tertiary alicyclic amines) is 1. The first-order valence-electron chi connectivity index (χ1n) is 7.63. The van der Waals surface area contributed by atoms with E-state index < -0.39 is 5.41 Å². The van der Waals surface area contributed by atoms with E-state index >= 15 is 0 Å². The largest absolute Gasteiger partial charge is 0.343 e. The summed E-state index contributed by atoms with van der Waals surface area (Å²) < 4.78 is 0. The van der Waals surface area contributed by atoms with E-state index in [1.54, 1.807) is 6.92 Å². The fourth-order valence-electron chi connectivity index (χ4n) is 3.33. The molecule has 1 amide bonds. The van der Waals surface area contributed by atoms with E-state index in [9.17, 15) is 9.59 Å². The molecular weight excluding hydrogens is 262 g/mol. The molecule has 1 aliphatic heterocycles. The number of nitrogens with zero attached hydrogens (tertiary/aromatic N) is 1. The zero-order chi connectivity index (χ0) is 15.7. The van der Waals surface area contributed by atoms with Gasteiger partial charge < -0.3 is 4.90 Å². The Hall–Kier alpha value is -1.64. The summed E-state index contributed by atoms with van der Waals surface area (Å²) in [4.78, 5) is 26.5. The second kappa shape index (κ2) is 5.63. The van der Waals surface area contributed by atoms with E-state index in [1.807, 2.05) is 56.0 Å². The van der Waals surface area contributed by atoms with Crippen LogP contribution in [-0.4, -0.2) is 29.7 Å². The number of piperidine rings is 1. The standard InChI is InChI=1S/C18H25NO2/c1-14(20)19-12-10-18(11-13-19,16(21)17(2,3)4)15-8-6-5-7-9-15/h5-9H,10-13H2,1-4H3. The van der Waals surface area contributed by atoms with Crippen LogP contribution in [0.3, 0.4) is 0 Å². The monoisotopic (exact) mass is 287 g/mol. The number of hydrogen-bond donors (Lipinski definition) is 0. The summed E-state index contributed by atoms with van der Waals surface area (Å²) in [5, 5.41) is 0. The van der Waals surface area contributed by atoms with Crippen molar-refractivity contribution < 1.29 is 9.59 Å². The number of benzene rings is 1. The van der Waals surface area contributed by atoms with Crippen molar-refractivity contribution in [1.29, 1.82) is 0 Å². The molecule has 3 nitrogen and oxygen atoms in total. The third-order valence-corrected chi connectivity index (χ3v) is 4.50. The summed E-state index contributed by atoms with van der Waals surface area (Å²) in [7, 11) is 0. The van der Waals surface area contributed by atoms with Gasteiger partial charge >= 0.3 is 0 Å². The van der Waals surface area contributed by atoms with Crippen LogP contribution in [0.2, 0.25) is 0 Å². The highest BCUT2D eigenvalue weighted by Gasteiger charge is 2.46. The lowest BCUT2D eigenvalue weighted by atomic mass is 9.63. The maximum absolute atomic E-state index is 13.1. The summed E-state index contributed by atoms with van der Waals surface area (Å²) in [6.07, 6.45) is 1.43. The molecule has 0 N–H and O–H groups in total. The average molecular weight is 287 g/mol. The first-order chi connectivity index (χ1) is 9.77. The van der Waals surface area contributed by atoms with Crippen molar-refractivity contribution in [3.63, 3.8) is 0 Å². The topological polar surface area (TPSA) is 37.4 Å². The number of carbonyl (C=O) groups excluding carboxylic acids is 2. The molecule has 0 unspecified atom stereocenters. The van der Waals surface area contributed by atoms with E-state index in [2.05, 4.69) is 0 Å². The molecule has 0 spiro atoms. The van der Waals surface area contributed by atoms with E-state index in [4.69, 9.17) is 0 Å². The molecule has 114 valence electrons. The molecule has 3 heteroatoms. The lowest BCUT2D eigenvalue weighted by molar-refractivity contribution is -0.138. The molecule has 1 fully saturated rings.